The van der Waals surface area contributed by atoms with Crippen LogP contribution in [0.1, 0.15) is 65.7 Å². The maximum absolute atomic E-state index is 3.83. The van der Waals surface area contributed by atoms with Crippen molar-refractivity contribution in [1.29, 1.82) is 0 Å². The van der Waals surface area contributed by atoms with Gasteiger partial charge in [-0.05, 0) is 57.0 Å². The lowest BCUT2D eigenvalue weighted by Crippen LogP contribution is -2.51. The topological polar surface area (TPSA) is 15.3 Å². The lowest BCUT2D eigenvalue weighted by atomic mass is 9.82. The number of hydrogen-bond acceptors (Lipinski definition) is 2. The van der Waals surface area contributed by atoms with Crippen LogP contribution in [0.15, 0.2) is 0 Å². The van der Waals surface area contributed by atoms with E-state index in [9.17, 15) is 0 Å². The molecule has 2 atom stereocenters. The molecule has 2 fully saturated rings. The van der Waals surface area contributed by atoms with Crippen molar-refractivity contribution in [3.05, 3.63) is 0 Å². The summed E-state index contributed by atoms with van der Waals surface area (Å²) in [6.45, 7) is 12.3. The fraction of sp³-hybridized carbons (Fsp3) is 1.00. The first kappa shape index (κ1) is 15.3. The van der Waals surface area contributed by atoms with Gasteiger partial charge >= 0.3 is 0 Å². The van der Waals surface area contributed by atoms with Gasteiger partial charge < -0.3 is 10.2 Å². The second kappa shape index (κ2) is 7.08. The van der Waals surface area contributed by atoms with Crippen molar-refractivity contribution in [2.75, 3.05) is 26.2 Å². The summed E-state index contributed by atoms with van der Waals surface area (Å²) < 4.78 is 0. The average molecular weight is 266 g/mol. The Labute approximate surface area is 120 Å². The molecule has 1 aliphatic heterocycles. The van der Waals surface area contributed by atoms with E-state index in [-0.39, 0.29) is 0 Å². The number of hydrogen-bond donors (Lipinski definition) is 1. The first-order valence-electron chi connectivity index (χ1n) is 8.65. The maximum Gasteiger partial charge on any atom is 0.0303 e. The summed E-state index contributed by atoms with van der Waals surface area (Å²) >= 11 is 0. The number of rotatable bonds is 4. The van der Waals surface area contributed by atoms with Gasteiger partial charge in [0.05, 0.1) is 0 Å². The van der Waals surface area contributed by atoms with Gasteiger partial charge in [0.15, 0.2) is 0 Å². The lowest BCUT2D eigenvalue weighted by Gasteiger charge is -2.38. The monoisotopic (exact) mass is 266 g/mol. The molecule has 2 unspecified atom stereocenters. The minimum absolute atomic E-state index is 0.386. The number of nitrogens with zero attached hydrogens (tertiary/aromatic N) is 1. The van der Waals surface area contributed by atoms with E-state index in [1.807, 2.05) is 0 Å². The molecule has 1 aliphatic carbocycles. The van der Waals surface area contributed by atoms with Crippen LogP contribution in [-0.4, -0.2) is 36.6 Å². The standard InChI is InChI=1S/C17H34N2/c1-4-17(5-2)14-19(11-7-10-18-17)13-16-9-6-8-15(3)12-16/h15-16,18H,4-14H2,1-3H3. The van der Waals surface area contributed by atoms with Crippen LogP contribution in [0.5, 0.6) is 0 Å². The zero-order valence-corrected chi connectivity index (χ0v) is 13.4. The predicted molar refractivity (Wildman–Crippen MR) is 83.5 cm³/mol. The molecular formula is C17H34N2. The van der Waals surface area contributed by atoms with Gasteiger partial charge in [0.25, 0.3) is 0 Å². The van der Waals surface area contributed by atoms with Crippen LogP contribution < -0.4 is 5.32 Å². The molecule has 2 rings (SSSR count). The van der Waals surface area contributed by atoms with Gasteiger partial charge in [0.1, 0.15) is 0 Å². The van der Waals surface area contributed by atoms with Gasteiger partial charge in [-0.2, -0.15) is 0 Å². The third kappa shape index (κ3) is 4.19. The van der Waals surface area contributed by atoms with E-state index in [0.29, 0.717) is 5.54 Å². The normalized spacial score (nSPS) is 33.0. The van der Waals surface area contributed by atoms with Gasteiger partial charge in [-0.1, -0.05) is 33.6 Å². The summed E-state index contributed by atoms with van der Waals surface area (Å²) in [5, 5.41) is 3.83. The molecule has 1 heterocycles. The van der Waals surface area contributed by atoms with E-state index in [2.05, 4.69) is 31.0 Å². The van der Waals surface area contributed by atoms with Crippen LogP contribution in [0, 0.1) is 11.8 Å². The van der Waals surface area contributed by atoms with Crippen molar-refractivity contribution in [2.24, 2.45) is 11.8 Å². The average Bonchev–Trinajstić information content (AvgIpc) is 2.62. The summed E-state index contributed by atoms with van der Waals surface area (Å²) in [4.78, 5) is 2.77. The van der Waals surface area contributed by atoms with Gasteiger partial charge in [0.2, 0.25) is 0 Å². The molecule has 1 saturated heterocycles. The van der Waals surface area contributed by atoms with Crippen molar-refractivity contribution in [1.82, 2.24) is 10.2 Å². The van der Waals surface area contributed by atoms with Gasteiger partial charge in [0, 0.05) is 18.6 Å². The number of nitrogens with one attached hydrogen (secondary N) is 1. The first-order chi connectivity index (χ1) is 9.17. The third-order valence-electron chi connectivity index (χ3n) is 5.59. The van der Waals surface area contributed by atoms with E-state index in [1.165, 1.54) is 71.1 Å². The molecule has 0 aromatic heterocycles. The van der Waals surface area contributed by atoms with Crippen molar-refractivity contribution < 1.29 is 0 Å². The van der Waals surface area contributed by atoms with Crippen molar-refractivity contribution >= 4 is 0 Å². The molecule has 0 spiro atoms. The van der Waals surface area contributed by atoms with E-state index in [0.717, 1.165) is 11.8 Å². The fourth-order valence-corrected chi connectivity index (χ4v) is 4.19. The highest BCUT2D eigenvalue weighted by Gasteiger charge is 2.31. The predicted octanol–water partition coefficient (Wildman–Crippen LogP) is 3.67. The van der Waals surface area contributed by atoms with Crippen LogP contribution in [0.2, 0.25) is 0 Å². The third-order valence-corrected chi connectivity index (χ3v) is 5.59. The highest BCUT2D eigenvalue weighted by atomic mass is 15.2. The van der Waals surface area contributed by atoms with Crippen LogP contribution >= 0.6 is 0 Å². The molecule has 0 aromatic carbocycles. The molecule has 0 radical (unpaired) electrons. The summed E-state index contributed by atoms with van der Waals surface area (Å²) in [6.07, 6.45) is 9.72. The quantitative estimate of drug-likeness (QED) is 0.835. The van der Waals surface area contributed by atoms with Gasteiger partial charge in [-0.15, -0.1) is 0 Å². The Kier molecular flexibility index (Phi) is 5.70. The van der Waals surface area contributed by atoms with Crippen LogP contribution in [0.4, 0.5) is 0 Å². The Balaban J connectivity index is 1.91. The van der Waals surface area contributed by atoms with Gasteiger partial charge in [-0.3, -0.25) is 0 Å². The van der Waals surface area contributed by atoms with E-state index in [4.69, 9.17) is 0 Å². The molecule has 112 valence electrons. The molecule has 0 bridgehead atoms. The van der Waals surface area contributed by atoms with Crippen LogP contribution in [0.25, 0.3) is 0 Å². The van der Waals surface area contributed by atoms with E-state index < -0.39 is 0 Å². The zero-order chi connectivity index (χ0) is 13.7. The van der Waals surface area contributed by atoms with Crippen molar-refractivity contribution in [2.45, 2.75) is 71.3 Å². The lowest BCUT2D eigenvalue weighted by molar-refractivity contribution is 0.147. The highest BCUT2D eigenvalue weighted by molar-refractivity contribution is 4.91. The maximum atomic E-state index is 3.83. The summed E-state index contributed by atoms with van der Waals surface area (Å²) in [7, 11) is 0. The Morgan fingerprint density at radius 1 is 1.16 bits per heavy atom. The second-order valence-corrected chi connectivity index (χ2v) is 7.14. The smallest absolute Gasteiger partial charge is 0.0303 e. The second-order valence-electron chi connectivity index (χ2n) is 7.14. The minimum Gasteiger partial charge on any atom is -0.310 e. The largest absolute Gasteiger partial charge is 0.310 e. The Morgan fingerprint density at radius 2 is 1.95 bits per heavy atom. The molecule has 0 amide bonds. The zero-order valence-electron chi connectivity index (χ0n) is 13.4. The summed E-state index contributed by atoms with van der Waals surface area (Å²) in [6, 6.07) is 0. The Morgan fingerprint density at radius 3 is 2.63 bits per heavy atom. The van der Waals surface area contributed by atoms with E-state index in [1.54, 1.807) is 0 Å². The molecule has 2 aliphatic rings. The molecule has 2 nitrogen and oxygen atoms in total. The van der Waals surface area contributed by atoms with Crippen molar-refractivity contribution in [3.8, 4) is 0 Å². The Bertz CT molecular complexity index is 260. The van der Waals surface area contributed by atoms with Crippen LogP contribution in [0.3, 0.4) is 0 Å². The molecule has 2 heteroatoms. The molecule has 1 saturated carbocycles. The van der Waals surface area contributed by atoms with Crippen molar-refractivity contribution in [3.63, 3.8) is 0 Å². The van der Waals surface area contributed by atoms with Gasteiger partial charge in [-0.25, -0.2) is 0 Å². The highest BCUT2D eigenvalue weighted by Crippen LogP contribution is 2.30. The summed E-state index contributed by atoms with van der Waals surface area (Å²) in [5.41, 5.74) is 0.386. The molecular weight excluding hydrogens is 232 g/mol. The summed E-state index contributed by atoms with van der Waals surface area (Å²) in [5.74, 6) is 1.93. The molecule has 0 aromatic rings. The Hall–Kier alpha value is -0.0800. The van der Waals surface area contributed by atoms with Crippen LogP contribution in [-0.2, 0) is 0 Å². The molecule has 19 heavy (non-hydrogen) atoms. The van der Waals surface area contributed by atoms with E-state index >= 15 is 0 Å². The molecule has 1 N–H and O–H groups in total. The minimum atomic E-state index is 0.386. The first-order valence-corrected chi connectivity index (χ1v) is 8.65. The fourth-order valence-electron chi connectivity index (χ4n) is 4.19. The SMILES string of the molecule is CCC1(CC)CN(CC2CCCC(C)C2)CCCN1.